The molecule has 3 aromatic rings. The quantitative estimate of drug-likeness (QED) is 0.522. The fourth-order valence-electron chi connectivity index (χ4n) is 3.04. The van der Waals surface area contributed by atoms with Gasteiger partial charge in [-0.3, -0.25) is 9.80 Å². The molecule has 8 heteroatoms. The SMILES string of the molecule is C=C(N)c1cccc(C(=O)Nc2ccc(C)c(N3C=C(c4cncnc4)NN3)c2)c1. The van der Waals surface area contributed by atoms with E-state index < -0.39 is 0 Å². The summed E-state index contributed by atoms with van der Waals surface area (Å²) in [4.78, 5) is 20.8. The average Bonchev–Trinajstić information content (AvgIpc) is 3.26. The number of carbonyl (C=O) groups excluding carboxylic acids is 1. The van der Waals surface area contributed by atoms with Gasteiger partial charge in [0.25, 0.3) is 5.91 Å². The maximum Gasteiger partial charge on any atom is 0.255 e. The van der Waals surface area contributed by atoms with Gasteiger partial charge >= 0.3 is 0 Å². The van der Waals surface area contributed by atoms with Crippen molar-refractivity contribution in [3.8, 4) is 0 Å². The molecule has 2 aromatic carbocycles. The van der Waals surface area contributed by atoms with Crippen LogP contribution in [0, 0.1) is 6.92 Å². The highest BCUT2D eigenvalue weighted by molar-refractivity contribution is 6.05. The number of benzene rings is 2. The lowest BCUT2D eigenvalue weighted by atomic mass is 10.1. The molecule has 0 radical (unpaired) electrons. The molecule has 30 heavy (non-hydrogen) atoms. The first-order valence-electron chi connectivity index (χ1n) is 9.26. The summed E-state index contributed by atoms with van der Waals surface area (Å²) < 4.78 is 0. The van der Waals surface area contributed by atoms with Crippen molar-refractivity contribution in [3.05, 3.63) is 96.2 Å². The summed E-state index contributed by atoms with van der Waals surface area (Å²) in [6.07, 6.45) is 6.85. The highest BCUT2D eigenvalue weighted by atomic mass is 16.1. The minimum atomic E-state index is -0.224. The Balaban J connectivity index is 1.55. The van der Waals surface area contributed by atoms with Crippen molar-refractivity contribution < 1.29 is 4.79 Å². The van der Waals surface area contributed by atoms with E-state index in [9.17, 15) is 4.79 Å². The van der Waals surface area contributed by atoms with E-state index in [-0.39, 0.29) is 5.91 Å². The van der Waals surface area contributed by atoms with Gasteiger partial charge in [0, 0.05) is 41.1 Å². The van der Waals surface area contributed by atoms with Gasteiger partial charge in [-0.15, -0.1) is 5.53 Å². The van der Waals surface area contributed by atoms with E-state index in [0.29, 0.717) is 16.9 Å². The smallest absolute Gasteiger partial charge is 0.255 e. The Bertz CT molecular complexity index is 1140. The van der Waals surface area contributed by atoms with Crippen LogP contribution in [-0.4, -0.2) is 15.9 Å². The van der Waals surface area contributed by atoms with Crippen molar-refractivity contribution in [2.45, 2.75) is 6.92 Å². The van der Waals surface area contributed by atoms with Crippen molar-refractivity contribution in [1.82, 2.24) is 20.9 Å². The Morgan fingerprint density at radius 3 is 2.67 bits per heavy atom. The Hall–Kier alpha value is -4.17. The second kappa shape index (κ2) is 8.06. The zero-order chi connectivity index (χ0) is 21.1. The Morgan fingerprint density at radius 2 is 1.90 bits per heavy atom. The lowest BCUT2D eigenvalue weighted by Gasteiger charge is -2.19. The van der Waals surface area contributed by atoms with Gasteiger partial charge in [-0.2, -0.15) is 0 Å². The van der Waals surface area contributed by atoms with E-state index in [1.54, 1.807) is 30.6 Å². The zero-order valence-electron chi connectivity index (χ0n) is 16.4. The van der Waals surface area contributed by atoms with Crippen LogP contribution in [0.5, 0.6) is 0 Å². The maximum absolute atomic E-state index is 12.7. The molecule has 0 aliphatic carbocycles. The van der Waals surface area contributed by atoms with Crippen molar-refractivity contribution in [2.24, 2.45) is 5.73 Å². The predicted molar refractivity (Wildman–Crippen MR) is 118 cm³/mol. The fraction of sp³-hybridized carbons (Fsp3) is 0.0455. The number of nitrogens with two attached hydrogens (primary N) is 1. The maximum atomic E-state index is 12.7. The van der Waals surface area contributed by atoms with E-state index >= 15 is 0 Å². The van der Waals surface area contributed by atoms with Crippen LogP contribution in [0.3, 0.4) is 0 Å². The molecular formula is C22H21N7O. The molecule has 0 bridgehead atoms. The average molecular weight is 399 g/mol. The third-order valence-electron chi connectivity index (χ3n) is 4.66. The predicted octanol–water partition coefficient (Wildman–Crippen LogP) is 2.79. The van der Waals surface area contributed by atoms with Gasteiger partial charge in [-0.05, 0) is 42.3 Å². The summed E-state index contributed by atoms with van der Waals surface area (Å²) in [6.45, 7) is 5.71. The molecule has 0 saturated heterocycles. The Labute approximate surface area is 174 Å². The van der Waals surface area contributed by atoms with Gasteiger partial charge in [0.1, 0.15) is 6.33 Å². The summed E-state index contributed by atoms with van der Waals surface area (Å²) in [7, 11) is 0. The number of hydrazine groups is 2. The van der Waals surface area contributed by atoms with Crippen LogP contribution in [0.4, 0.5) is 11.4 Å². The lowest BCUT2D eigenvalue weighted by molar-refractivity contribution is 0.102. The first kappa shape index (κ1) is 19.2. The topological polar surface area (TPSA) is 108 Å². The van der Waals surface area contributed by atoms with E-state index in [1.807, 2.05) is 42.4 Å². The molecular weight excluding hydrogens is 378 g/mol. The summed E-state index contributed by atoms with van der Waals surface area (Å²) in [6, 6.07) is 12.8. The highest BCUT2D eigenvalue weighted by Gasteiger charge is 2.17. The number of aromatic nitrogens is 2. The first-order valence-corrected chi connectivity index (χ1v) is 9.26. The molecule has 0 unspecified atom stereocenters. The van der Waals surface area contributed by atoms with Gasteiger partial charge in [-0.25, -0.2) is 9.97 Å². The molecule has 4 rings (SSSR count). The molecule has 150 valence electrons. The van der Waals surface area contributed by atoms with Crippen LogP contribution >= 0.6 is 0 Å². The molecule has 0 saturated carbocycles. The molecule has 5 N–H and O–H groups in total. The third kappa shape index (κ3) is 3.98. The molecule has 0 atom stereocenters. The van der Waals surface area contributed by atoms with Gasteiger partial charge in [0.2, 0.25) is 0 Å². The summed E-state index contributed by atoms with van der Waals surface area (Å²) in [5.41, 5.74) is 17.9. The van der Waals surface area contributed by atoms with E-state index in [4.69, 9.17) is 5.73 Å². The third-order valence-corrected chi connectivity index (χ3v) is 4.66. The molecule has 1 aliphatic heterocycles. The second-order valence-electron chi connectivity index (χ2n) is 6.84. The second-order valence-corrected chi connectivity index (χ2v) is 6.84. The molecule has 0 fully saturated rings. The number of aryl methyl sites for hydroxylation is 1. The number of anilines is 2. The summed E-state index contributed by atoms with van der Waals surface area (Å²) in [5, 5.41) is 4.77. The molecule has 8 nitrogen and oxygen atoms in total. The van der Waals surface area contributed by atoms with Gasteiger partial charge < -0.3 is 16.5 Å². The van der Waals surface area contributed by atoms with Gasteiger partial charge in [0.15, 0.2) is 0 Å². The number of nitrogens with one attached hydrogen (secondary N) is 3. The Morgan fingerprint density at radius 1 is 1.13 bits per heavy atom. The number of carbonyl (C=O) groups is 1. The fourth-order valence-corrected chi connectivity index (χ4v) is 3.04. The highest BCUT2D eigenvalue weighted by Crippen LogP contribution is 2.27. The van der Waals surface area contributed by atoms with Gasteiger partial charge in [-0.1, -0.05) is 24.8 Å². The monoisotopic (exact) mass is 399 g/mol. The van der Waals surface area contributed by atoms with Crippen LogP contribution in [0.1, 0.15) is 27.0 Å². The molecule has 2 heterocycles. The molecule has 0 spiro atoms. The number of hydrogen-bond acceptors (Lipinski definition) is 7. The lowest BCUT2D eigenvalue weighted by Crippen LogP contribution is -2.36. The van der Waals surface area contributed by atoms with E-state index in [1.165, 1.54) is 6.33 Å². The van der Waals surface area contributed by atoms with Crippen molar-refractivity contribution in [2.75, 3.05) is 10.3 Å². The van der Waals surface area contributed by atoms with E-state index in [0.717, 1.165) is 28.1 Å². The number of hydrogen-bond donors (Lipinski definition) is 4. The molecule has 1 aromatic heterocycles. The van der Waals surface area contributed by atoms with Crippen LogP contribution in [0.2, 0.25) is 0 Å². The summed E-state index contributed by atoms with van der Waals surface area (Å²) >= 11 is 0. The van der Waals surface area contributed by atoms with Crippen LogP contribution < -0.4 is 27.0 Å². The largest absolute Gasteiger partial charge is 0.399 e. The van der Waals surface area contributed by atoms with Crippen molar-refractivity contribution in [3.63, 3.8) is 0 Å². The number of rotatable bonds is 5. The van der Waals surface area contributed by atoms with Crippen molar-refractivity contribution >= 4 is 28.7 Å². The van der Waals surface area contributed by atoms with Gasteiger partial charge in [0.05, 0.1) is 11.4 Å². The zero-order valence-corrected chi connectivity index (χ0v) is 16.4. The van der Waals surface area contributed by atoms with Crippen LogP contribution in [0.25, 0.3) is 11.4 Å². The van der Waals surface area contributed by atoms with Crippen LogP contribution in [-0.2, 0) is 0 Å². The Kier molecular flexibility index (Phi) is 5.15. The first-order chi connectivity index (χ1) is 14.5. The van der Waals surface area contributed by atoms with E-state index in [2.05, 4.69) is 32.8 Å². The normalized spacial score (nSPS) is 12.8. The minimum absolute atomic E-state index is 0.224. The number of nitrogens with zero attached hydrogens (tertiary/aromatic N) is 3. The standard InChI is InChI=1S/C22H21N7O/c1-14-6-7-19(26-22(30)17-5-3-4-16(8-17)15(2)23)9-21(14)29-12-20(27-28-29)18-10-24-13-25-11-18/h3-13,27-28H,2,23H2,1H3,(H,26,30). The minimum Gasteiger partial charge on any atom is -0.399 e. The summed E-state index contributed by atoms with van der Waals surface area (Å²) in [5.74, 6) is -0.224. The van der Waals surface area contributed by atoms with Crippen molar-refractivity contribution in [1.29, 1.82) is 0 Å². The molecule has 1 amide bonds. The molecule has 1 aliphatic rings. The number of amides is 1. The van der Waals surface area contributed by atoms with Crippen LogP contribution in [0.15, 0.2) is 74.0 Å².